The van der Waals surface area contributed by atoms with Crippen LogP contribution in [0.1, 0.15) is 54.0 Å². The van der Waals surface area contributed by atoms with Crippen LogP contribution < -0.4 is 4.72 Å². The Morgan fingerprint density at radius 3 is 2.24 bits per heavy atom. The van der Waals surface area contributed by atoms with Crippen molar-refractivity contribution in [3.63, 3.8) is 0 Å². The number of fused-ring (bicyclic) bond motifs is 1. The van der Waals surface area contributed by atoms with Crippen molar-refractivity contribution in [1.82, 2.24) is 4.90 Å². The molecule has 0 spiro atoms. The molecule has 0 aliphatic carbocycles. The third-order valence-corrected chi connectivity index (χ3v) is 7.20. The number of benzene rings is 2. The van der Waals surface area contributed by atoms with Crippen LogP contribution in [0.25, 0.3) is 0 Å². The van der Waals surface area contributed by atoms with Gasteiger partial charge in [0.15, 0.2) is 0 Å². The predicted molar refractivity (Wildman–Crippen MR) is 136 cm³/mol. The lowest BCUT2D eigenvalue weighted by atomic mass is 9.87. The maximum atomic E-state index is 13.2. The first-order valence-corrected chi connectivity index (χ1v) is 12.5. The highest BCUT2D eigenvalue weighted by molar-refractivity contribution is 7.92. The molecular weight excluding hydrogens is 472 g/mol. The van der Waals surface area contributed by atoms with Crippen LogP contribution in [0, 0.1) is 0 Å². The number of allylic oxidation sites excluding steroid dienone is 3. The van der Waals surface area contributed by atoms with E-state index < -0.39 is 21.8 Å². The largest absolute Gasteiger partial charge is 0.279 e. The average Bonchev–Trinajstić information content (AvgIpc) is 3.03. The van der Waals surface area contributed by atoms with Crippen molar-refractivity contribution >= 4 is 39.1 Å². The highest BCUT2D eigenvalue weighted by Crippen LogP contribution is 2.36. The first kappa shape index (κ1) is 25.5. The Hall–Kier alpha value is -3.16. The van der Waals surface area contributed by atoms with Gasteiger partial charge in [-0.1, -0.05) is 75.4 Å². The molecule has 1 aliphatic heterocycles. The number of carbonyl (C=O) groups excluding carboxylic acids is 2. The van der Waals surface area contributed by atoms with Gasteiger partial charge in [-0.2, -0.15) is 0 Å². The molecule has 6 nitrogen and oxygen atoms in total. The number of hydrogen-bond acceptors (Lipinski definition) is 4. The van der Waals surface area contributed by atoms with E-state index in [9.17, 15) is 18.0 Å². The van der Waals surface area contributed by atoms with E-state index >= 15 is 0 Å². The molecule has 34 heavy (non-hydrogen) atoms. The van der Waals surface area contributed by atoms with E-state index in [0.29, 0.717) is 5.57 Å². The van der Waals surface area contributed by atoms with Crippen LogP contribution in [0.3, 0.4) is 0 Å². The van der Waals surface area contributed by atoms with Crippen molar-refractivity contribution in [3.8, 4) is 0 Å². The molecule has 3 rings (SSSR count). The summed E-state index contributed by atoms with van der Waals surface area (Å²) in [6.07, 6.45) is 6.80. The number of anilines is 1. The number of imide groups is 1. The zero-order valence-electron chi connectivity index (χ0n) is 19.6. The first-order chi connectivity index (χ1) is 15.9. The fourth-order valence-electron chi connectivity index (χ4n) is 3.55. The predicted octanol–water partition coefficient (Wildman–Crippen LogP) is 5.72. The summed E-state index contributed by atoms with van der Waals surface area (Å²) in [6.45, 7) is 11.5. The molecule has 8 heteroatoms. The van der Waals surface area contributed by atoms with E-state index in [2.05, 4.69) is 11.3 Å². The third-order valence-electron chi connectivity index (χ3n) is 5.51. The first-order valence-electron chi connectivity index (χ1n) is 10.7. The summed E-state index contributed by atoms with van der Waals surface area (Å²) in [5, 5.41) is 0.0805. The number of nitrogens with one attached hydrogen (secondary N) is 1. The van der Waals surface area contributed by atoms with Crippen LogP contribution in [-0.4, -0.2) is 31.7 Å². The number of nitrogens with zero attached hydrogens (tertiary/aromatic N) is 1. The lowest BCUT2D eigenvalue weighted by Crippen LogP contribution is -2.31. The Kier molecular flexibility index (Phi) is 7.19. The molecule has 0 saturated heterocycles. The summed E-state index contributed by atoms with van der Waals surface area (Å²) in [6, 6.07) is 9.35. The molecule has 0 aromatic heterocycles. The average molecular weight is 499 g/mol. The second-order valence-electron chi connectivity index (χ2n) is 8.88. The standard InChI is InChI=1S/C26H27ClN2O4S/c1-6-8-9-17(7-2)16-29-24(30)22-20(27)14-15-21(23(22)25(29)31)28-34(32,33)19-12-10-18(11-13-19)26(3,4)5/h6-15,28H,1,16H2,2-5H3/b9-8-,17-7+. The van der Waals surface area contributed by atoms with Crippen molar-refractivity contribution in [3.05, 3.63) is 94.6 Å². The summed E-state index contributed by atoms with van der Waals surface area (Å²) >= 11 is 6.25. The summed E-state index contributed by atoms with van der Waals surface area (Å²) < 4.78 is 28.6. The van der Waals surface area contributed by atoms with Crippen LogP contribution >= 0.6 is 11.6 Å². The fraction of sp³-hybridized carbons (Fsp3) is 0.231. The fourth-order valence-corrected chi connectivity index (χ4v) is 4.86. The minimum atomic E-state index is -4.02. The topological polar surface area (TPSA) is 83.6 Å². The number of amides is 2. The second-order valence-corrected chi connectivity index (χ2v) is 11.0. The quantitative estimate of drug-likeness (QED) is 0.390. The highest BCUT2D eigenvalue weighted by Gasteiger charge is 2.40. The molecule has 1 heterocycles. The molecule has 2 aromatic rings. The number of sulfonamides is 1. The molecule has 0 unspecified atom stereocenters. The lowest BCUT2D eigenvalue weighted by Gasteiger charge is -2.19. The number of hydrogen-bond donors (Lipinski definition) is 1. The van der Waals surface area contributed by atoms with Gasteiger partial charge in [-0.05, 0) is 47.7 Å². The Morgan fingerprint density at radius 1 is 1.06 bits per heavy atom. The number of halogens is 1. The van der Waals surface area contributed by atoms with Gasteiger partial charge in [-0.25, -0.2) is 8.42 Å². The molecule has 1 N–H and O–H groups in total. The smallest absolute Gasteiger partial charge is 0.264 e. The molecule has 0 saturated carbocycles. The van der Waals surface area contributed by atoms with E-state index in [1.165, 1.54) is 24.3 Å². The van der Waals surface area contributed by atoms with Gasteiger partial charge in [-0.3, -0.25) is 19.2 Å². The molecule has 178 valence electrons. The van der Waals surface area contributed by atoms with Gasteiger partial charge in [0.1, 0.15) is 0 Å². The van der Waals surface area contributed by atoms with Gasteiger partial charge in [-0.15, -0.1) is 0 Å². The van der Waals surface area contributed by atoms with Crippen LogP contribution in [-0.2, 0) is 15.4 Å². The van der Waals surface area contributed by atoms with Crippen LogP contribution in [0.4, 0.5) is 5.69 Å². The van der Waals surface area contributed by atoms with Crippen molar-refractivity contribution in [2.45, 2.75) is 38.0 Å². The minimum Gasteiger partial charge on any atom is -0.279 e. The molecule has 2 amide bonds. The van der Waals surface area contributed by atoms with Gasteiger partial charge in [0.25, 0.3) is 21.8 Å². The summed E-state index contributed by atoms with van der Waals surface area (Å²) in [5.41, 5.74) is 1.50. The van der Waals surface area contributed by atoms with Crippen molar-refractivity contribution < 1.29 is 18.0 Å². The van der Waals surface area contributed by atoms with Crippen LogP contribution in [0.5, 0.6) is 0 Å². The normalized spacial score (nSPS) is 14.6. The lowest BCUT2D eigenvalue weighted by molar-refractivity contribution is 0.0669. The van der Waals surface area contributed by atoms with E-state index in [-0.39, 0.29) is 38.7 Å². The van der Waals surface area contributed by atoms with Crippen molar-refractivity contribution in [2.24, 2.45) is 0 Å². The SMILES string of the molecule is C=C/C=C\C(=C/C)CN1C(=O)c2c(Cl)ccc(NS(=O)(=O)c3ccc(C(C)(C)C)cc3)c2C1=O. The van der Waals surface area contributed by atoms with E-state index in [4.69, 9.17) is 11.6 Å². The maximum Gasteiger partial charge on any atom is 0.264 e. The molecule has 1 aliphatic rings. The van der Waals surface area contributed by atoms with E-state index in [1.807, 2.05) is 20.8 Å². The van der Waals surface area contributed by atoms with Crippen molar-refractivity contribution in [1.29, 1.82) is 0 Å². The summed E-state index contributed by atoms with van der Waals surface area (Å²) in [5.74, 6) is -1.19. The Balaban J connectivity index is 1.97. The monoisotopic (exact) mass is 498 g/mol. The third kappa shape index (κ3) is 5.00. The molecule has 0 bridgehead atoms. The zero-order valence-corrected chi connectivity index (χ0v) is 21.1. The molecule has 0 fully saturated rings. The van der Waals surface area contributed by atoms with E-state index in [1.54, 1.807) is 43.4 Å². The molecule has 0 radical (unpaired) electrons. The minimum absolute atomic E-state index is 0.00353. The summed E-state index contributed by atoms with van der Waals surface area (Å²) in [4.78, 5) is 27.4. The van der Waals surface area contributed by atoms with Crippen LogP contribution in [0.2, 0.25) is 5.02 Å². The second kappa shape index (κ2) is 9.60. The van der Waals surface area contributed by atoms with Gasteiger partial charge in [0.05, 0.1) is 33.3 Å². The molecular formula is C26H27ClN2O4S. The van der Waals surface area contributed by atoms with Gasteiger partial charge in [0, 0.05) is 0 Å². The molecule has 2 aromatic carbocycles. The molecule has 0 atom stereocenters. The van der Waals surface area contributed by atoms with Gasteiger partial charge >= 0.3 is 0 Å². The highest BCUT2D eigenvalue weighted by atomic mass is 35.5. The maximum absolute atomic E-state index is 13.2. The van der Waals surface area contributed by atoms with E-state index in [0.717, 1.165) is 10.5 Å². The van der Waals surface area contributed by atoms with Crippen LogP contribution in [0.15, 0.2) is 77.7 Å². The van der Waals surface area contributed by atoms with Gasteiger partial charge < -0.3 is 0 Å². The zero-order chi connectivity index (χ0) is 25.3. The Labute approximate surface area is 205 Å². The van der Waals surface area contributed by atoms with Crippen molar-refractivity contribution in [2.75, 3.05) is 11.3 Å². The Morgan fingerprint density at radius 2 is 1.68 bits per heavy atom. The number of rotatable bonds is 7. The summed E-state index contributed by atoms with van der Waals surface area (Å²) in [7, 11) is -4.02. The number of carbonyl (C=O) groups is 2. The Bertz CT molecular complexity index is 1320. The van der Waals surface area contributed by atoms with Gasteiger partial charge in [0.2, 0.25) is 0 Å².